The van der Waals surface area contributed by atoms with Gasteiger partial charge in [0.15, 0.2) is 0 Å². The standard InChI is InChI=1S/C17H25NO/c1-14(2)18(13-15-7-4-3-5-8-15)12-11-16-9-6-10-17(16)19/h3-5,7-8,14,16H,6,9-13H2,1-2H3. The molecular formula is C17H25NO. The molecular weight excluding hydrogens is 234 g/mol. The van der Waals surface area contributed by atoms with Crippen molar-refractivity contribution in [2.45, 2.75) is 52.1 Å². The summed E-state index contributed by atoms with van der Waals surface area (Å²) in [4.78, 5) is 14.2. The molecule has 0 aromatic heterocycles. The Balaban J connectivity index is 1.87. The van der Waals surface area contributed by atoms with E-state index in [4.69, 9.17) is 0 Å². The Kier molecular flexibility index (Phi) is 5.15. The van der Waals surface area contributed by atoms with E-state index < -0.39 is 0 Å². The lowest BCUT2D eigenvalue weighted by Gasteiger charge is -2.27. The number of carbonyl (C=O) groups is 1. The molecule has 0 amide bonds. The topological polar surface area (TPSA) is 20.3 Å². The van der Waals surface area contributed by atoms with Crippen LogP contribution in [0.25, 0.3) is 0 Å². The molecule has 104 valence electrons. The van der Waals surface area contributed by atoms with E-state index in [-0.39, 0.29) is 0 Å². The van der Waals surface area contributed by atoms with Crippen LogP contribution in [-0.2, 0) is 11.3 Å². The van der Waals surface area contributed by atoms with E-state index in [9.17, 15) is 4.79 Å². The van der Waals surface area contributed by atoms with Crippen LogP contribution in [0.2, 0.25) is 0 Å². The van der Waals surface area contributed by atoms with Crippen molar-refractivity contribution < 1.29 is 4.79 Å². The average molecular weight is 259 g/mol. The van der Waals surface area contributed by atoms with E-state index in [1.165, 1.54) is 5.56 Å². The third kappa shape index (κ3) is 4.17. The van der Waals surface area contributed by atoms with Crippen LogP contribution in [0.15, 0.2) is 30.3 Å². The van der Waals surface area contributed by atoms with Crippen LogP contribution >= 0.6 is 0 Å². The van der Waals surface area contributed by atoms with Crippen LogP contribution in [0.4, 0.5) is 0 Å². The lowest BCUT2D eigenvalue weighted by atomic mass is 10.0. The molecule has 19 heavy (non-hydrogen) atoms. The van der Waals surface area contributed by atoms with Gasteiger partial charge in [0.05, 0.1) is 0 Å². The van der Waals surface area contributed by atoms with E-state index in [0.29, 0.717) is 17.7 Å². The van der Waals surface area contributed by atoms with Crippen LogP contribution in [-0.4, -0.2) is 23.3 Å². The second kappa shape index (κ2) is 6.85. The van der Waals surface area contributed by atoms with Crippen molar-refractivity contribution in [3.05, 3.63) is 35.9 Å². The van der Waals surface area contributed by atoms with Crippen molar-refractivity contribution in [2.75, 3.05) is 6.54 Å². The van der Waals surface area contributed by atoms with Crippen molar-refractivity contribution in [1.82, 2.24) is 4.90 Å². The highest BCUT2D eigenvalue weighted by Crippen LogP contribution is 2.25. The molecule has 1 aliphatic rings. The predicted molar refractivity (Wildman–Crippen MR) is 79.0 cm³/mol. The van der Waals surface area contributed by atoms with Crippen LogP contribution in [0.1, 0.15) is 45.1 Å². The normalized spacial score (nSPS) is 19.6. The monoisotopic (exact) mass is 259 g/mol. The maximum absolute atomic E-state index is 11.7. The number of rotatable bonds is 6. The number of carbonyl (C=O) groups excluding carboxylic acids is 1. The second-order valence-corrected chi connectivity index (χ2v) is 5.89. The number of Topliss-reactive ketones (excluding diaryl/α,β-unsaturated/α-hetero) is 1. The van der Waals surface area contributed by atoms with E-state index in [0.717, 1.165) is 38.8 Å². The zero-order valence-corrected chi connectivity index (χ0v) is 12.1. The van der Waals surface area contributed by atoms with Crippen LogP contribution < -0.4 is 0 Å². The van der Waals surface area contributed by atoms with Gasteiger partial charge in [-0.25, -0.2) is 0 Å². The highest BCUT2D eigenvalue weighted by Gasteiger charge is 2.24. The van der Waals surface area contributed by atoms with Gasteiger partial charge in [0.25, 0.3) is 0 Å². The minimum atomic E-state index is 0.331. The summed E-state index contributed by atoms with van der Waals surface area (Å²) in [5.41, 5.74) is 1.36. The fourth-order valence-corrected chi connectivity index (χ4v) is 2.85. The van der Waals surface area contributed by atoms with Crippen molar-refractivity contribution in [1.29, 1.82) is 0 Å². The summed E-state index contributed by atoms with van der Waals surface area (Å²) in [5.74, 6) is 0.820. The largest absolute Gasteiger partial charge is 0.299 e. The lowest BCUT2D eigenvalue weighted by Crippen LogP contribution is -2.32. The molecule has 0 saturated heterocycles. The molecule has 0 heterocycles. The zero-order chi connectivity index (χ0) is 13.7. The van der Waals surface area contributed by atoms with Gasteiger partial charge in [0, 0.05) is 24.9 Å². The Morgan fingerprint density at radius 3 is 2.58 bits per heavy atom. The fraction of sp³-hybridized carbons (Fsp3) is 0.588. The summed E-state index contributed by atoms with van der Waals surface area (Å²) in [6.45, 7) is 6.49. The summed E-state index contributed by atoms with van der Waals surface area (Å²) in [6, 6.07) is 11.1. The molecule has 2 heteroatoms. The summed E-state index contributed by atoms with van der Waals surface area (Å²) in [5, 5.41) is 0. The smallest absolute Gasteiger partial charge is 0.136 e. The minimum absolute atomic E-state index is 0.331. The maximum atomic E-state index is 11.7. The molecule has 0 spiro atoms. The van der Waals surface area contributed by atoms with E-state index in [1.807, 2.05) is 0 Å². The molecule has 2 nitrogen and oxygen atoms in total. The van der Waals surface area contributed by atoms with Gasteiger partial charge in [-0.1, -0.05) is 30.3 Å². The molecule has 1 saturated carbocycles. The van der Waals surface area contributed by atoms with Crippen molar-refractivity contribution in [2.24, 2.45) is 5.92 Å². The summed E-state index contributed by atoms with van der Waals surface area (Å²) >= 11 is 0. The average Bonchev–Trinajstić information content (AvgIpc) is 2.81. The summed E-state index contributed by atoms with van der Waals surface area (Å²) in [6.07, 6.45) is 4.05. The number of benzene rings is 1. The van der Waals surface area contributed by atoms with Gasteiger partial charge in [-0.05, 0) is 45.2 Å². The van der Waals surface area contributed by atoms with Crippen molar-refractivity contribution in [3.8, 4) is 0 Å². The first-order chi connectivity index (χ1) is 9.16. The third-order valence-corrected chi connectivity index (χ3v) is 4.15. The van der Waals surface area contributed by atoms with Crippen molar-refractivity contribution in [3.63, 3.8) is 0 Å². The van der Waals surface area contributed by atoms with Gasteiger partial charge in [-0.15, -0.1) is 0 Å². The SMILES string of the molecule is CC(C)N(CCC1CCCC1=O)Cc1ccccc1. The van der Waals surface area contributed by atoms with Crippen LogP contribution in [0.5, 0.6) is 0 Å². The second-order valence-electron chi connectivity index (χ2n) is 5.89. The Labute approximate surface area is 116 Å². The molecule has 2 rings (SSSR count). The van der Waals surface area contributed by atoms with Gasteiger partial charge in [0.2, 0.25) is 0 Å². The maximum Gasteiger partial charge on any atom is 0.136 e. The summed E-state index contributed by atoms with van der Waals surface area (Å²) in [7, 11) is 0. The Morgan fingerprint density at radius 1 is 1.26 bits per heavy atom. The van der Waals surface area contributed by atoms with E-state index in [1.54, 1.807) is 0 Å². The molecule has 0 radical (unpaired) electrons. The third-order valence-electron chi connectivity index (χ3n) is 4.15. The highest BCUT2D eigenvalue weighted by molar-refractivity contribution is 5.82. The first-order valence-corrected chi connectivity index (χ1v) is 7.47. The Morgan fingerprint density at radius 2 is 2.00 bits per heavy atom. The highest BCUT2D eigenvalue weighted by atomic mass is 16.1. The van der Waals surface area contributed by atoms with Gasteiger partial charge >= 0.3 is 0 Å². The Hall–Kier alpha value is -1.15. The quantitative estimate of drug-likeness (QED) is 0.777. The Bertz CT molecular complexity index is 399. The first kappa shape index (κ1) is 14.3. The lowest BCUT2D eigenvalue weighted by molar-refractivity contribution is -0.120. The summed E-state index contributed by atoms with van der Waals surface area (Å²) < 4.78 is 0. The molecule has 0 N–H and O–H groups in total. The van der Waals surface area contributed by atoms with Gasteiger partial charge in [-0.3, -0.25) is 9.69 Å². The number of nitrogens with zero attached hydrogens (tertiary/aromatic N) is 1. The fourth-order valence-electron chi connectivity index (χ4n) is 2.85. The minimum Gasteiger partial charge on any atom is -0.299 e. The number of ketones is 1. The predicted octanol–water partition coefficient (Wildman–Crippen LogP) is 3.66. The molecule has 1 atom stereocenters. The molecule has 1 aromatic rings. The van der Waals surface area contributed by atoms with Gasteiger partial charge in [-0.2, -0.15) is 0 Å². The zero-order valence-electron chi connectivity index (χ0n) is 12.1. The molecule has 1 unspecified atom stereocenters. The molecule has 0 bridgehead atoms. The molecule has 1 aromatic carbocycles. The molecule has 1 fully saturated rings. The van der Waals surface area contributed by atoms with Gasteiger partial charge in [0.1, 0.15) is 5.78 Å². The van der Waals surface area contributed by atoms with Crippen molar-refractivity contribution >= 4 is 5.78 Å². The molecule has 1 aliphatic carbocycles. The van der Waals surface area contributed by atoms with Crippen LogP contribution in [0, 0.1) is 5.92 Å². The molecule has 0 aliphatic heterocycles. The first-order valence-electron chi connectivity index (χ1n) is 7.47. The number of hydrogen-bond donors (Lipinski definition) is 0. The van der Waals surface area contributed by atoms with Gasteiger partial charge < -0.3 is 0 Å². The number of hydrogen-bond acceptors (Lipinski definition) is 2. The van der Waals surface area contributed by atoms with E-state index in [2.05, 4.69) is 49.1 Å². The van der Waals surface area contributed by atoms with Crippen LogP contribution in [0.3, 0.4) is 0 Å². The van der Waals surface area contributed by atoms with E-state index >= 15 is 0 Å².